The van der Waals surface area contributed by atoms with Crippen molar-refractivity contribution in [2.75, 3.05) is 0 Å². The van der Waals surface area contributed by atoms with Crippen LogP contribution in [0.4, 0.5) is 0 Å². The highest BCUT2D eigenvalue weighted by molar-refractivity contribution is 5.81. The van der Waals surface area contributed by atoms with E-state index in [9.17, 15) is 4.79 Å². The maximum Gasteiger partial charge on any atom is 0.328 e. The van der Waals surface area contributed by atoms with E-state index in [-0.39, 0.29) is 5.60 Å². The summed E-state index contributed by atoms with van der Waals surface area (Å²) < 4.78 is 5.47. The Kier molecular flexibility index (Phi) is 9.28. The molecule has 0 saturated heterocycles. The van der Waals surface area contributed by atoms with Crippen molar-refractivity contribution < 1.29 is 14.6 Å². The third-order valence-electron chi connectivity index (χ3n) is 3.18. The van der Waals surface area contributed by atoms with Crippen molar-refractivity contribution in [1.82, 2.24) is 0 Å². The maximum absolute atomic E-state index is 10.5. The summed E-state index contributed by atoms with van der Waals surface area (Å²) in [6.07, 6.45) is 12.0. The fraction of sp³-hybridized carbons (Fsp3) is 0.611. The third kappa shape index (κ3) is 11.8. The fourth-order valence-corrected chi connectivity index (χ4v) is 1.96. The molecule has 0 heterocycles. The van der Waals surface area contributed by atoms with Crippen molar-refractivity contribution in [1.29, 1.82) is 0 Å². The zero-order chi connectivity index (χ0) is 16.3. The fourth-order valence-electron chi connectivity index (χ4n) is 1.96. The smallest absolute Gasteiger partial charge is 0.328 e. The monoisotopic (exact) mass is 292 g/mol. The predicted octanol–water partition coefficient (Wildman–Crippen LogP) is 4.55. The number of aliphatic carboxylic acids is 1. The van der Waals surface area contributed by atoms with Crippen molar-refractivity contribution in [2.24, 2.45) is 5.92 Å². The normalized spacial score (nSPS) is 13.7. The van der Waals surface area contributed by atoms with Gasteiger partial charge in [-0.25, -0.2) is 4.79 Å². The molecule has 0 amide bonds. The summed E-state index contributed by atoms with van der Waals surface area (Å²) >= 11 is 0. The zero-order valence-corrected chi connectivity index (χ0v) is 13.9. The lowest BCUT2D eigenvalue weighted by molar-refractivity contribution is -0.131. The van der Waals surface area contributed by atoms with Crippen LogP contribution < -0.4 is 0 Å². The average Bonchev–Trinajstić information content (AvgIpc) is 2.35. The standard InChI is InChI=1S/C18H28O3/c1-6-13-21-18(4,5)12-8-11-15(2)9-7-10-16(3)14-17(19)20/h7,10,14-15H,8-9,11-12H2,1-5H3,(H,19,20)/b10-7+,16-14+. The number of allylic oxidation sites excluding steroid dienone is 3. The molecule has 0 aromatic rings. The average molecular weight is 292 g/mol. The summed E-state index contributed by atoms with van der Waals surface area (Å²) in [7, 11) is 0. The molecule has 1 N–H and O–H groups in total. The van der Waals surface area contributed by atoms with Gasteiger partial charge in [0, 0.05) is 13.0 Å². The van der Waals surface area contributed by atoms with Gasteiger partial charge in [-0.2, -0.15) is 0 Å². The molecule has 0 spiro atoms. The molecule has 0 aromatic heterocycles. The minimum atomic E-state index is -0.900. The molecule has 1 unspecified atom stereocenters. The lowest BCUT2D eigenvalue weighted by Gasteiger charge is -2.22. The highest BCUT2D eigenvalue weighted by Crippen LogP contribution is 2.21. The molecule has 0 rings (SSSR count). The van der Waals surface area contributed by atoms with Gasteiger partial charge < -0.3 is 9.84 Å². The van der Waals surface area contributed by atoms with Gasteiger partial charge in [-0.1, -0.05) is 31.4 Å². The van der Waals surface area contributed by atoms with Crippen LogP contribution in [-0.2, 0) is 9.53 Å². The molecular formula is C18H28O3. The van der Waals surface area contributed by atoms with E-state index in [1.165, 1.54) is 6.08 Å². The Morgan fingerprint density at radius 2 is 2.10 bits per heavy atom. The van der Waals surface area contributed by atoms with Crippen LogP contribution in [0.5, 0.6) is 0 Å². The van der Waals surface area contributed by atoms with Crippen molar-refractivity contribution >= 4 is 5.97 Å². The Hall–Kier alpha value is -1.69. The van der Waals surface area contributed by atoms with Gasteiger partial charge in [0.15, 0.2) is 0 Å². The van der Waals surface area contributed by atoms with E-state index in [4.69, 9.17) is 9.84 Å². The van der Waals surface area contributed by atoms with Gasteiger partial charge in [0.25, 0.3) is 0 Å². The van der Waals surface area contributed by atoms with Gasteiger partial charge in [-0.15, -0.1) is 0 Å². The van der Waals surface area contributed by atoms with Gasteiger partial charge in [-0.3, -0.25) is 0 Å². The molecule has 3 nitrogen and oxygen atoms in total. The second kappa shape index (κ2) is 10.1. The number of carboxylic acid groups (broad SMARTS) is 1. The Balaban J connectivity index is 4.00. The molecule has 0 fully saturated rings. The number of carbonyl (C=O) groups is 1. The summed E-state index contributed by atoms with van der Waals surface area (Å²) in [6.45, 7) is 9.89. The largest absolute Gasteiger partial charge is 0.478 e. The first-order valence-corrected chi connectivity index (χ1v) is 7.44. The molecule has 1 atom stereocenters. The summed E-state index contributed by atoms with van der Waals surface area (Å²) in [4.78, 5) is 10.5. The summed E-state index contributed by atoms with van der Waals surface area (Å²) in [5, 5.41) is 8.61. The Labute approximate surface area is 129 Å². The number of carboxylic acids is 1. The summed E-state index contributed by atoms with van der Waals surface area (Å²) in [6, 6.07) is 0. The molecule has 118 valence electrons. The molecule has 0 aliphatic rings. The van der Waals surface area contributed by atoms with Crippen molar-refractivity contribution in [3.8, 4) is 12.0 Å². The van der Waals surface area contributed by atoms with Gasteiger partial charge >= 0.3 is 5.97 Å². The first-order chi connectivity index (χ1) is 9.76. The van der Waals surface area contributed by atoms with Gasteiger partial charge in [0.05, 0.1) is 0 Å². The molecule has 0 aliphatic heterocycles. The molecule has 0 radical (unpaired) electrons. The summed E-state index contributed by atoms with van der Waals surface area (Å²) in [5.74, 6) is 2.42. The van der Waals surface area contributed by atoms with E-state index in [1.807, 2.05) is 12.2 Å². The number of hydrogen-bond donors (Lipinski definition) is 1. The third-order valence-corrected chi connectivity index (χ3v) is 3.18. The van der Waals surface area contributed by atoms with Crippen LogP contribution in [0.1, 0.15) is 60.3 Å². The van der Waals surface area contributed by atoms with Crippen molar-refractivity contribution in [3.63, 3.8) is 0 Å². The van der Waals surface area contributed by atoms with E-state index in [0.29, 0.717) is 5.92 Å². The quantitative estimate of drug-likeness (QED) is 0.385. The van der Waals surface area contributed by atoms with E-state index < -0.39 is 5.97 Å². The van der Waals surface area contributed by atoms with Crippen LogP contribution in [0.2, 0.25) is 0 Å². The van der Waals surface area contributed by atoms with Gasteiger partial charge in [-0.05, 0) is 51.5 Å². The van der Waals surface area contributed by atoms with Crippen LogP contribution in [0.15, 0.2) is 23.8 Å². The first-order valence-electron chi connectivity index (χ1n) is 7.44. The molecule has 0 aromatic carbocycles. The number of hydrogen-bond acceptors (Lipinski definition) is 2. The summed E-state index contributed by atoms with van der Waals surface area (Å²) in [5.41, 5.74) is 0.571. The zero-order valence-electron chi connectivity index (χ0n) is 13.9. The van der Waals surface area contributed by atoms with Gasteiger partial charge in [0.2, 0.25) is 0 Å². The number of rotatable bonds is 9. The minimum absolute atomic E-state index is 0.195. The topological polar surface area (TPSA) is 46.5 Å². The Morgan fingerprint density at radius 3 is 2.67 bits per heavy atom. The van der Waals surface area contributed by atoms with Crippen molar-refractivity contribution in [2.45, 2.75) is 65.9 Å². The minimum Gasteiger partial charge on any atom is -0.478 e. The van der Waals surface area contributed by atoms with Crippen LogP contribution in [0, 0.1) is 17.9 Å². The van der Waals surface area contributed by atoms with Crippen LogP contribution in [-0.4, -0.2) is 16.7 Å². The van der Waals surface area contributed by atoms with E-state index in [2.05, 4.69) is 32.8 Å². The number of ether oxygens (including phenoxy) is 1. The van der Waals surface area contributed by atoms with E-state index >= 15 is 0 Å². The second-order valence-electron chi connectivity index (χ2n) is 6.08. The maximum atomic E-state index is 10.5. The molecule has 0 saturated carbocycles. The lowest BCUT2D eigenvalue weighted by Crippen LogP contribution is -2.22. The SMILES string of the molecule is CC#COC(C)(C)CCCC(C)C/C=C/C(C)=C/C(=O)O. The molecule has 0 aliphatic carbocycles. The molecule has 3 heteroatoms. The second-order valence-corrected chi connectivity index (χ2v) is 6.08. The molecule has 21 heavy (non-hydrogen) atoms. The lowest BCUT2D eigenvalue weighted by atomic mass is 9.95. The van der Waals surface area contributed by atoms with Crippen LogP contribution >= 0.6 is 0 Å². The van der Waals surface area contributed by atoms with Crippen LogP contribution in [0.3, 0.4) is 0 Å². The highest BCUT2D eigenvalue weighted by atomic mass is 16.5. The van der Waals surface area contributed by atoms with Gasteiger partial charge in [0.1, 0.15) is 11.7 Å². The Morgan fingerprint density at radius 1 is 1.43 bits per heavy atom. The van der Waals surface area contributed by atoms with E-state index in [0.717, 1.165) is 31.3 Å². The van der Waals surface area contributed by atoms with E-state index in [1.54, 1.807) is 13.8 Å². The van der Waals surface area contributed by atoms with Crippen LogP contribution in [0.25, 0.3) is 0 Å². The Bertz CT molecular complexity index is 433. The predicted molar refractivity (Wildman–Crippen MR) is 86.8 cm³/mol. The highest BCUT2D eigenvalue weighted by Gasteiger charge is 2.18. The first kappa shape index (κ1) is 19.3. The molecule has 0 bridgehead atoms. The molecular weight excluding hydrogens is 264 g/mol. The van der Waals surface area contributed by atoms with Crippen molar-refractivity contribution in [3.05, 3.63) is 23.8 Å².